The van der Waals surface area contributed by atoms with E-state index in [0.29, 0.717) is 24.5 Å². The molecular formula is C17H16O4. The second-order valence-corrected chi connectivity index (χ2v) is 7.78. The molecule has 2 bridgehead atoms. The van der Waals surface area contributed by atoms with Crippen LogP contribution in [0.15, 0.2) is 12.1 Å². The topological polar surface area (TPSA) is 66.8 Å². The Morgan fingerprint density at radius 3 is 3.05 bits per heavy atom. The molecule has 0 aromatic heterocycles. The van der Waals surface area contributed by atoms with E-state index in [1.54, 1.807) is 6.07 Å². The number of hydrogen-bond donors (Lipinski definition) is 2. The van der Waals surface area contributed by atoms with Crippen LogP contribution < -0.4 is 4.74 Å². The number of carbonyl (C=O) groups excluding carboxylic acids is 1. The highest BCUT2D eigenvalue weighted by Crippen LogP contribution is 2.82. The summed E-state index contributed by atoms with van der Waals surface area (Å²) in [6, 6.07) is 3.63. The number of aliphatic hydroxyl groups is 1. The van der Waals surface area contributed by atoms with Crippen LogP contribution in [0.5, 0.6) is 11.5 Å². The summed E-state index contributed by atoms with van der Waals surface area (Å²) in [5.41, 5.74) is 0.876. The van der Waals surface area contributed by atoms with E-state index in [4.69, 9.17) is 4.74 Å². The number of carbonyl (C=O) groups is 1. The van der Waals surface area contributed by atoms with Crippen LogP contribution in [0.25, 0.3) is 0 Å². The Hall–Kier alpha value is -1.55. The molecule has 4 heteroatoms. The van der Waals surface area contributed by atoms with Crippen molar-refractivity contribution >= 4 is 5.78 Å². The van der Waals surface area contributed by atoms with E-state index in [1.807, 2.05) is 6.07 Å². The summed E-state index contributed by atoms with van der Waals surface area (Å²) in [5, 5.41) is 21.7. The van der Waals surface area contributed by atoms with Crippen molar-refractivity contribution in [3.05, 3.63) is 23.3 Å². The summed E-state index contributed by atoms with van der Waals surface area (Å²) >= 11 is 0. The summed E-state index contributed by atoms with van der Waals surface area (Å²) in [6.07, 6.45) is 3.22. The van der Waals surface area contributed by atoms with Crippen molar-refractivity contribution in [2.45, 2.75) is 49.2 Å². The van der Waals surface area contributed by atoms with Crippen molar-refractivity contribution in [1.82, 2.24) is 0 Å². The minimum atomic E-state index is -0.824. The van der Waals surface area contributed by atoms with Gasteiger partial charge in [-0.3, -0.25) is 4.79 Å². The SMILES string of the molecule is O=C1CCC2(O)C3CC34Cc3ccc(O)c5c3C2(C4)C1O5. The number of phenolic OH excluding ortho intramolecular Hbond substituents is 1. The molecule has 2 spiro atoms. The Labute approximate surface area is 121 Å². The summed E-state index contributed by atoms with van der Waals surface area (Å²) in [6.45, 7) is 0. The van der Waals surface area contributed by atoms with Gasteiger partial charge in [-0.05, 0) is 48.6 Å². The number of fused-ring (bicyclic) bond motifs is 1. The average molecular weight is 284 g/mol. The van der Waals surface area contributed by atoms with Gasteiger partial charge in [0.05, 0.1) is 11.0 Å². The third-order valence-corrected chi connectivity index (χ3v) is 7.11. The van der Waals surface area contributed by atoms with Crippen LogP contribution in [0.2, 0.25) is 0 Å². The molecule has 0 amide bonds. The fraction of sp³-hybridized carbons (Fsp3) is 0.588. The van der Waals surface area contributed by atoms with Crippen LogP contribution in [-0.4, -0.2) is 27.7 Å². The number of hydrogen-bond acceptors (Lipinski definition) is 4. The Bertz CT molecular complexity index is 755. The summed E-state index contributed by atoms with van der Waals surface area (Å²) in [4.78, 5) is 12.5. The first kappa shape index (κ1) is 11.1. The van der Waals surface area contributed by atoms with Crippen molar-refractivity contribution in [2.24, 2.45) is 11.3 Å². The molecule has 6 rings (SSSR count). The van der Waals surface area contributed by atoms with Crippen molar-refractivity contribution in [1.29, 1.82) is 0 Å². The van der Waals surface area contributed by atoms with Crippen molar-refractivity contribution in [2.75, 3.05) is 0 Å². The highest BCUT2D eigenvalue weighted by atomic mass is 16.5. The van der Waals surface area contributed by atoms with Crippen molar-refractivity contribution in [3.8, 4) is 11.5 Å². The fourth-order valence-corrected chi connectivity index (χ4v) is 6.40. The zero-order chi connectivity index (χ0) is 14.2. The van der Waals surface area contributed by atoms with Gasteiger partial charge < -0.3 is 14.9 Å². The molecule has 0 saturated heterocycles. The lowest BCUT2D eigenvalue weighted by atomic mass is 9.55. The van der Waals surface area contributed by atoms with Crippen LogP contribution in [0.4, 0.5) is 0 Å². The second kappa shape index (κ2) is 2.72. The van der Waals surface area contributed by atoms with Crippen LogP contribution in [0.1, 0.15) is 36.8 Å². The van der Waals surface area contributed by atoms with Crippen molar-refractivity contribution in [3.63, 3.8) is 0 Å². The lowest BCUT2D eigenvalue weighted by molar-refractivity contribution is -0.149. The minimum absolute atomic E-state index is 0.0829. The highest BCUT2D eigenvalue weighted by Gasteiger charge is 2.85. The molecule has 4 aliphatic carbocycles. The van der Waals surface area contributed by atoms with E-state index in [0.717, 1.165) is 24.8 Å². The van der Waals surface area contributed by atoms with E-state index < -0.39 is 17.1 Å². The van der Waals surface area contributed by atoms with Gasteiger partial charge in [-0.15, -0.1) is 0 Å². The molecule has 4 nitrogen and oxygen atoms in total. The van der Waals surface area contributed by atoms with Gasteiger partial charge in [0.1, 0.15) is 0 Å². The Morgan fingerprint density at radius 2 is 2.19 bits per heavy atom. The number of phenols is 1. The molecule has 3 saturated carbocycles. The molecule has 1 heterocycles. The number of Topliss-reactive ketones (excluding diaryl/α,β-unsaturated/α-hetero) is 1. The summed E-state index contributed by atoms with van der Waals surface area (Å²) in [5.74, 6) is 0.941. The first-order chi connectivity index (χ1) is 10.0. The quantitative estimate of drug-likeness (QED) is 0.757. The number of ketones is 1. The molecule has 0 radical (unpaired) electrons. The van der Waals surface area contributed by atoms with Crippen LogP contribution in [0.3, 0.4) is 0 Å². The molecule has 1 aromatic carbocycles. The first-order valence-electron chi connectivity index (χ1n) is 7.79. The van der Waals surface area contributed by atoms with Crippen LogP contribution >= 0.6 is 0 Å². The zero-order valence-corrected chi connectivity index (χ0v) is 11.6. The second-order valence-electron chi connectivity index (χ2n) is 7.78. The maximum atomic E-state index is 12.5. The molecule has 5 aliphatic rings. The van der Waals surface area contributed by atoms with Crippen molar-refractivity contribution < 1.29 is 19.7 Å². The maximum absolute atomic E-state index is 12.5. The Kier molecular flexibility index (Phi) is 1.43. The summed E-state index contributed by atoms with van der Waals surface area (Å²) in [7, 11) is 0. The molecule has 5 atom stereocenters. The Balaban J connectivity index is 1.76. The molecule has 1 aromatic rings. The predicted molar refractivity (Wildman–Crippen MR) is 72.3 cm³/mol. The van der Waals surface area contributed by atoms with E-state index >= 15 is 0 Å². The lowest BCUT2D eigenvalue weighted by Crippen LogP contribution is -2.62. The smallest absolute Gasteiger partial charge is 0.174 e. The Morgan fingerprint density at radius 1 is 1.33 bits per heavy atom. The van der Waals surface area contributed by atoms with Gasteiger partial charge in [0, 0.05) is 12.0 Å². The number of rotatable bonds is 0. The zero-order valence-electron chi connectivity index (χ0n) is 11.6. The standard InChI is InChI=1S/C17H16O4/c18-9-2-1-8-5-15-6-11(15)17(20)4-3-10(19)14-16(17,7-15)12(8)13(9)21-14/h1-2,11,14,18,20H,3-7H2. The molecular weight excluding hydrogens is 268 g/mol. The van der Waals surface area contributed by atoms with Gasteiger partial charge in [-0.25, -0.2) is 0 Å². The molecule has 108 valence electrons. The number of benzene rings is 1. The van der Waals surface area contributed by atoms with E-state index in [1.165, 1.54) is 5.56 Å². The fourth-order valence-electron chi connectivity index (χ4n) is 6.40. The third-order valence-electron chi connectivity index (χ3n) is 7.11. The summed E-state index contributed by atoms with van der Waals surface area (Å²) < 4.78 is 5.94. The van der Waals surface area contributed by atoms with Crippen LogP contribution in [0, 0.1) is 11.3 Å². The molecule has 5 unspecified atom stereocenters. The van der Waals surface area contributed by atoms with E-state index in [-0.39, 0.29) is 16.9 Å². The maximum Gasteiger partial charge on any atom is 0.174 e. The normalized spacial score (nSPS) is 50.4. The minimum Gasteiger partial charge on any atom is -0.504 e. The van der Waals surface area contributed by atoms with Gasteiger partial charge in [0.25, 0.3) is 0 Å². The highest BCUT2D eigenvalue weighted by molar-refractivity contribution is 5.90. The predicted octanol–water partition coefficient (Wildman–Crippen LogP) is 1.45. The molecule has 2 N–H and O–H groups in total. The number of ether oxygens (including phenoxy) is 1. The van der Waals surface area contributed by atoms with E-state index in [9.17, 15) is 15.0 Å². The molecule has 21 heavy (non-hydrogen) atoms. The van der Waals surface area contributed by atoms with Gasteiger partial charge in [0.2, 0.25) is 0 Å². The molecule has 1 aliphatic heterocycles. The van der Waals surface area contributed by atoms with Crippen LogP contribution in [-0.2, 0) is 16.6 Å². The lowest BCUT2D eigenvalue weighted by Gasteiger charge is -2.49. The third kappa shape index (κ3) is 0.854. The molecule has 3 fully saturated rings. The van der Waals surface area contributed by atoms with Gasteiger partial charge >= 0.3 is 0 Å². The van der Waals surface area contributed by atoms with Gasteiger partial charge in [-0.2, -0.15) is 0 Å². The van der Waals surface area contributed by atoms with Gasteiger partial charge in [-0.1, -0.05) is 6.07 Å². The van der Waals surface area contributed by atoms with Gasteiger partial charge in [0.15, 0.2) is 23.4 Å². The number of aromatic hydroxyl groups is 1. The largest absolute Gasteiger partial charge is 0.504 e. The van der Waals surface area contributed by atoms with E-state index in [2.05, 4.69) is 0 Å². The monoisotopic (exact) mass is 284 g/mol. The first-order valence-corrected chi connectivity index (χ1v) is 7.79. The average Bonchev–Trinajstić information content (AvgIpc) is 2.95.